The Hall–Kier alpha value is -1.50. The molecule has 0 radical (unpaired) electrons. The van der Waals surface area contributed by atoms with Crippen molar-refractivity contribution in [3.05, 3.63) is 23.3 Å². The van der Waals surface area contributed by atoms with Crippen LogP contribution < -0.4 is 0 Å². The molecule has 1 aliphatic rings. The van der Waals surface area contributed by atoms with E-state index >= 15 is 0 Å². The summed E-state index contributed by atoms with van der Waals surface area (Å²) in [5.41, 5.74) is 0. The predicted octanol–water partition coefficient (Wildman–Crippen LogP) is 2.16. The highest BCUT2D eigenvalue weighted by Gasteiger charge is 2.16. The van der Waals surface area contributed by atoms with Gasteiger partial charge in [0, 0.05) is 6.54 Å². The minimum atomic E-state index is 0.611. The van der Waals surface area contributed by atoms with Crippen molar-refractivity contribution in [2.24, 2.45) is 5.92 Å². The third-order valence-electron chi connectivity index (χ3n) is 3.77. The van der Waals surface area contributed by atoms with Gasteiger partial charge < -0.3 is 4.57 Å². The minimum Gasteiger partial charge on any atom is -0.302 e. The Morgan fingerprint density at radius 2 is 2.16 bits per heavy atom. The molecule has 6 nitrogen and oxygen atoms in total. The van der Waals surface area contributed by atoms with E-state index in [4.69, 9.17) is 12.2 Å². The first-order chi connectivity index (χ1) is 9.33. The molecule has 0 aliphatic heterocycles. The summed E-state index contributed by atoms with van der Waals surface area (Å²) in [6.45, 7) is 1.58. The smallest absolute Gasteiger partial charge is 0.195 e. The summed E-state index contributed by atoms with van der Waals surface area (Å²) < 4.78 is 4.59. The molecule has 102 valence electrons. The van der Waals surface area contributed by atoms with E-state index in [1.807, 2.05) is 0 Å². The van der Waals surface area contributed by atoms with E-state index in [1.54, 1.807) is 11.0 Å². The van der Waals surface area contributed by atoms with Crippen molar-refractivity contribution >= 4 is 12.2 Å². The van der Waals surface area contributed by atoms with Gasteiger partial charge in [-0.25, -0.2) is 9.67 Å². The number of H-pyrrole nitrogens is 1. The second-order valence-electron chi connectivity index (χ2n) is 5.15. The summed E-state index contributed by atoms with van der Waals surface area (Å²) in [6.07, 6.45) is 9.89. The van der Waals surface area contributed by atoms with Crippen LogP contribution in [-0.2, 0) is 13.1 Å². The van der Waals surface area contributed by atoms with Gasteiger partial charge in [0.05, 0.1) is 0 Å². The van der Waals surface area contributed by atoms with Gasteiger partial charge in [0.15, 0.2) is 10.6 Å². The zero-order chi connectivity index (χ0) is 13.1. The molecule has 3 rings (SSSR count). The first-order valence-corrected chi connectivity index (χ1v) is 7.20. The average Bonchev–Trinajstić information content (AvgIpc) is 3.05. The lowest BCUT2D eigenvalue weighted by molar-refractivity contribution is 0.313. The predicted molar refractivity (Wildman–Crippen MR) is 73.1 cm³/mol. The molecule has 0 bridgehead atoms. The fourth-order valence-electron chi connectivity index (χ4n) is 2.75. The number of aromatic amines is 1. The van der Waals surface area contributed by atoms with Gasteiger partial charge in [-0.1, -0.05) is 19.3 Å². The van der Waals surface area contributed by atoms with Gasteiger partial charge in [0.25, 0.3) is 0 Å². The fourth-order valence-corrected chi connectivity index (χ4v) is 2.97. The third kappa shape index (κ3) is 2.91. The molecule has 1 aliphatic carbocycles. The van der Waals surface area contributed by atoms with E-state index in [0.717, 1.165) is 18.3 Å². The number of nitrogens with one attached hydrogen (secondary N) is 1. The van der Waals surface area contributed by atoms with Crippen LogP contribution in [0.5, 0.6) is 0 Å². The standard InChI is InChI=1S/C12H18N6S/c19-12-16-15-11(7-17-9-13-8-14-17)18(12)6-10-4-2-1-3-5-10/h8-10H,1-7H2,(H,16,19). The third-order valence-corrected chi connectivity index (χ3v) is 4.08. The van der Waals surface area contributed by atoms with Crippen LogP contribution in [0.2, 0.25) is 0 Å². The summed E-state index contributed by atoms with van der Waals surface area (Å²) >= 11 is 5.34. The van der Waals surface area contributed by atoms with E-state index in [-0.39, 0.29) is 0 Å². The lowest BCUT2D eigenvalue weighted by atomic mass is 9.89. The van der Waals surface area contributed by atoms with E-state index in [1.165, 1.54) is 38.4 Å². The number of hydrogen-bond donors (Lipinski definition) is 1. The van der Waals surface area contributed by atoms with E-state index in [0.29, 0.717) is 11.3 Å². The molecule has 2 heterocycles. The normalized spacial score (nSPS) is 16.8. The SMILES string of the molecule is S=c1[nH]nc(Cn2cncn2)n1CC1CCCCC1. The zero-order valence-corrected chi connectivity index (χ0v) is 11.6. The van der Waals surface area contributed by atoms with E-state index < -0.39 is 0 Å². The molecule has 0 saturated heterocycles. The van der Waals surface area contributed by atoms with Crippen LogP contribution in [-0.4, -0.2) is 29.5 Å². The number of hydrogen-bond acceptors (Lipinski definition) is 4. The first kappa shape index (κ1) is 12.5. The van der Waals surface area contributed by atoms with Crippen LogP contribution in [0, 0.1) is 10.7 Å². The molecule has 0 atom stereocenters. The zero-order valence-electron chi connectivity index (χ0n) is 10.8. The Kier molecular flexibility index (Phi) is 3.72. The summed E-state index contributed by atoms with van der Waals surface area (Å²) in [5, 5.41) is 11.3. The molecular formula is C12H18N6S. The van der Waals surface area contributed by atoms with E-state index in [9.17, 15) is 0 Å². The molecular weight excluding hydrogens is 260 g/mol. The van der Waals surface area contributed by atoms with Gasteiger partial charge in [0.1, 0.15) is 19.2 Å². The molecule has 1 saturated carbocycles. The van der Waals surface area contributed by atoms with E-state index in [2.05, 4.69) is 24.8 Å². The molecule has 0 unspecified atom stereocenters. The Labute approximate surface area is 116 Å². The highest BCUT2D eigenvalue weighted by atomic mass is 32.1. The van der Waals surface area contributed by atoms with Crippen LogP contribution in [0.15, 0.2) is 12.7 Å². The van der Waals surface area contributed by atoms with Crippen LogP contribution in [0.3, 0.4) is 0 Å². The van der Waals surface area contributed by atoms with Gasteiger partial charge in [0.2, 0.25) is 0 Å². The highest BCUT2D eigenvalue weighted by Crippen LogP contribution is 2.25. The molecule has 1 N–H and O–H groups in total. The summed E-state index contributed by atoms with van der Waals surface area (Å²) in [6, 6.07) is 0. The van der Waals surface area contributed by atoms with Crippen molar-refractivity contribution < 1.29 is 0 Å². The van der Waals surface area contributed by atoms with Crippen molar-refractivity contribution in [3.63, 3.8) is 0 Å². The Balaban J connectivity index is 1.76. The molecule has 0 spiro atoms. The molecule has 0 amide bonds. The first-order valence-electron chi connectivity index (χ1n) is 6.79. The highest BCUT2D eigenvalue weighted by molar-refractivity contribution is 7.71. The topological polar surface area (TPSA) is 64.3 Å². The van der Waals surface area contributed by atoms with Gasteiger partial charge in [-0.05, 0) is 31.0 Å². The second-order valence-corrected chi connectivity index (χ2v) is 5.54. The van der Waals surface area contributed by atoms with Gasteiger partial charge in [-0.15, -0.1) is 0 Å². The van der Waals surface area contributed by atoms with Crippen molar-refractivity contribution in [2.45, 2.75) is 45.2 Å². The summed E-state index contributed by atoms with van der Waals surface area (Å²) in [4.78, 5) is 3.95. The second kappa shape index (κ2) is 5.64. The maximum Gasteiger partial charge on any atom is 0.195 e. The van der Waals surface area contributed by atoms with Gasteiger partial charge >= 0.3 is 0 Å². The van der Waals surface area contributed by atoms with Crippen LogP contribution in [0.4, 0.5) is 0 Å². The fraction of sp³-hybridized carbons (Fsp3) is 0.667. The van der Waals surface area contributed by atoms with Crippen LogP contribution in [0.25, 0.3) is 0 Å². The van der Waals surface area contributed by atoms with Crippen LogP contribution in [0.1, 0.15) is 37.9 Å². The summed E-state index contributed by atoms with van der Waals surface area (Å²) in [5.74, 6) is 1.66. The molecule has 2 aromatic rings. The van der Waals surface area contributed by atoms with Crippen molar-refractivity contribution in [1.82, 2.24) is 29.5 Å². The molecule has 2 aromatic heterocycles. The Morgan fingerprint density at radius 1 is 1.32 bits per heavy atom. The largest absolute Gasteiger partial charge is 0.302 e. The lowest BCUT2D eigenvalue weighted by Crippen LogP contribution is -2.17. The Bertz CT molecular complexity index is 563. The van der Waals surface area contributed by atoms with Crippen molar-refractivity contribution in [3.8, 4) is 0 Å². The van der Waals surface area contributed by atoms with Crippen LogP contribution >= 0.6 is 12.2 Å². The summed E-state index contributed by atoms with van der Waals surface area (Å²) in [7, 11) is 0. The quantitative estimate of drug-likeness (QED) is 0.870. The molecule has 0 aromatic carbocycles. The molecule has 1 fully saturated rings. The van der Waals surface area contributed by atoms with Crippen molar-refractivity contribution in [1.29, 1.82) is 0 Å². The Morgan fingerprint density at radius 3 is 2.89 bits per heavy atom. The van der Waals surface area contributed by atoms with Gasteiger partial charge in [-0.3, -0.25) is 5.10 Å². The average molecular weight is 278 g/mol. The van der Waals surface area contributed by atoms with Crippen molar-refractivity contribution in [2.75, 3.05) is 0 Å². The number of aromatic nitrogens is 6. The number of nitrogens with zero attached hydrogens (tertiary/aromatic N) is 5. The number of rotatable bonds is 4. The maximum absolute atomic E-state index is 5.34. The lowest BCUT2D eigenvalue weighted by Gasteiger charge is -2.22. The van der Waals surface area contributed by atoms with Gasteiger partial charge in [-0.2, -0.15) is 10.2 Å². The monoisotopic (exact) mass is 278 g/mol. The maximum atomic E-state index is 5.34. The minimum absolute atomic E-state index is 0.611. The molecule has 19 heavy (non-hydrogen) atoms. The molecule has 7 heteroatoms.